The number of fused-ring (bicyclic) bond motifs is 1. The fourth-order valence-electron chi connectivity index (χ4n) is 2.34. The van der Waals surface area contributed by atoms with Crippen LogP contribution in [0.25, 0.3) is 0 Å². The third kappa shape index (κ3) is 3.96. The van der Waals surface area contributed by atoms with Crippen molar-refractivity contribution in [3.05, 3.63) is 58.1 Å². The highest BCUT2D eigenvalue weighted by Gasteiger charge is 2.14. The van der Waals surface area contributed by atoms with Crippen LogP contribution >= 0.6 is 15.9 Å². The van der Waals surface area contributed by atoms with Gasteiger partial charge in [-0.25, -0.2) is 4.79 Å². The van der Waals surface area contributed by atoms with Crippen LogP contribution in [0.1, 0.15) is 24.1 Å². The van der Waals surface area contributed by atoms with Gasteiger partial charge in [0.2, 0.25) is 6.79 Å². The normalized spacial score (nSPS) is 13.5. The van der Waals surface area contributed by atoms with Crippen LogP contribution in [0, 0.1) is 0 Å². The zero-order chi connectivity index (χ0) is 16.2. The Balaban J connectivity index is 1.53. The van der Waals surface area contributed by atoms with Crippen LogP contribution in [0.5, 0.6) is 11.5 Å². The summed E-state index contributed by atoms with van der Waals surface area (Å²) in [4.78, 5) is 12.0. The number of urea groups is 1. The molecule has 0 aliphatic carbocycles. The van der Waals surface area contributed by atoms with E-state index in [0.29, 0.717) is 12.3 Å². The third-order valence-electron chi connectivity index (χ3n) is 3.59. The molecule has 0 spiro atoms. The van der Waals surface area contributed by atoms with E-state index in [4.69, 9.17) is 9.47 Å². The number of amides is 2. The highest BCUT2D eigenvalue weighted by molar-refractivity contribution is 9.10. The van der Waals surface area contributed by atoms with Gasteiger partial charge in [0.05, 0.1) is 6.04 Å². The predicted octanol–water partition coefficient (Wildman–Crippen LogP) is 3.74. The van der Waals surface area contributed by atoms with Gasteiger partial charge in [-0.2, -0.15) is 0 Å². The Bertz CT molecular complexity index is 721. The molecule has 120 valence electrons. The molecule has 0 radical (unpaired) electrons. The standard InChI is InChI=1S/C17H17BrN2O3/c1-11(13-3-2-4-14(18)8-13)20-17(21)19-9-12-5-6-15-16(7-12)23-10-22-15/h2-8,11H,9-10H2,1H3,(H2,19,20,21). The maximum absolute atomic E-state index is 12.0. The summed E-state index contributed by atoms with van der Waals surface area (Å²) in [6, 6.07) is 13.2. The van der Waals surface area contributed by atoms with Crippen LogP contribution < -0.4 is 20.1 Å². The van der Waals surface area contributed by atoms with Gasteiger partial charge in [0.15, 0.2) is 11.5 Å². The van der Waals surface area contributed by atoms with E-state index in [1.165, 1.54) is 0 Å². The van der Waals surface area contributed by atoms with Gasteiger partial charge in [-0.1, -0.05) is 34.1 Å². The molecule has 1 aliphatic heterocycles. The molecule has 2 amide bonds. The van der Waals surface area contributed by atoms with Crippen molar-refractivity contribution in [1.29, 1.82) is 0 Å². The largest absolute Gasteiger partial charge is 0.454 e. The third-order valence-corrected chi connectivity index (χ3v) is 4.08. The summed E-state index contributed by atoms with van der Waals surface area (Å²) in [6.07, 6.45) is 0. The summed E-state index contributed by atoms with van der Waals surface area (Å²) in [5.74, 6) is 1.45. The zero-order valence-electron chi connectivity index (χ0n) is 12.6. The second kappa shape index (κ2) is 6.91. The second-order valence-corrected chi connectivity index (χ2v) is 6.21. The molecule has 23 heavy (non-hydrogen) atoms. The summed E-state index contributed by atoms with van der Waals surface area (Å²) < 4.78 is 11.6. The molecule has 3 rings (SSSR count). The summed E-state index contributed by atoms with van der Waals surface area (Å²) >= 11 is 3.43. The van der Waals surface area contributed by atoms with Gasteiger partial charge in [0.1, 0.15) is 0 Å². The highest BCUT2D eigenvalue weighted by Crippen LogP contribution is 2.32. The van der Waals surface area contributed by atoms with E-state index in [-0.39, 0.29) is 18.9 Å². The van der Waals surface area contributed by atoms with Crippen LogP contribution in [-0.4, -0.2) is 12.8 Å². The number of rotatable bonds is 4. The molecular formula is C17H17BrN2O3. The van der Waals surface area contributed by atoms with E-state index < -0.39 is 0 Å². The van der Waals surface area contributed by atoms with E-state index in [9.17, 15) is 4.79 Å². The number of hydrogen-bond acceptors (Lipinski definition) is 3. The number of carbonyl (C=O) groups excluding carboxylic acids is 1. The van der Waals surface area contributed by atoms with Gasteiger partial charge < -0.3 is 20.1 Å². The van der Waals surface area contributed by atoms with Crippen molar-refractivity contribution in [2.75, 3.05) is 6.79 Å². The van der Waals surface area contributed by atoms with E-state index >= 15 is 0 Å². The molecule has 1 unspecified atom stereocenters. The Morgan fingerprint density at radius 3 is 2.87 bits per heavy atom. The van der Waals surface area contributed by atoms with Gasteiger partial charge in [-0.3, -0.25) is 0 Å². The molecule has 1 aliphatic rings. The van der Waals surface area contributed by atoms with Crippen molar-refractivity contribution >= 4 is 22.0 Å². The van der Waals surface area contributed by atoms with Crippen molar-refractivity contribution in [1.82, 2.24) is 10.6 Å². The van der Waals surface area contributed by atoms with Crippen molar-refractivity contribution in [2.24, 2.45) is 0 Å². The van der Waals surface area contributed by atoms with Gasteiger partial charge in [-0.15, -0.1) is 0 Å². The van der Waals surface area contributed by atoms with Crippen molar-refractivity contribution in [2.45, 2.75) is 19.5 Å². The number of ether oxygens (including phenoxy) is 2. The molecule has 5 nitrogen and oxygen atoms in total. The summed E-state index contributed by atoms with van der Waals surface area (Å²) in [5, 5.41) is 5.77. The Labute approximate surface area is 143 Å². The first-order valence-electron chi connectivity index (χ1n) is 7.30. The molecule has 2 N–H and O–H groups in total. The molecule has 0 bridgehead atoms. The topological polar surface area (TPSA) is 59.6 Å². The van der Waals surface area contributed by atoms with Gasteiger partial charge in [0.25, 0.3) is 0 Å². The minimum absolute atomic E-state index is 0.0794. The molecule has 0 saturated heterocycles. The predicted molar refractivity (Wildman–Crippen MR) is 90.5 cm³/mol. The molecule has 0 aromatic heterocycles. The Hall–Kier alpha value is -2.21. The van der Waals surface area contributed by atoms with E-state index in [1.54, 1.807) is 0 Å². The average molecular weight is 377 g/mol. The van der Waals surface area contributed by atoms with Gasteiger partial charge in [-0.05, 0) is 42.3 Å². The number of carbonyl (C=O) groups is 1. The molecule has 2 aromatic carbocycles. The fourth-order valence-corrected chi connectivity index (χ4v) is 2.76. The summed E-state index contributed by atoms with van der Waals surface area (Å²) in [5.41, 5.74) is 2.00. The minimum atomic E-state index is -0.213. The first kappa shape index (κ1) is 15.7. The SMILES string of the molecule is CC(NC(=O)NCc1ccc2c(c1)OCO2)c1cccc(Br)c1. The molecule has 2 aromatic rings. The molecule has 0 fully saturated rings. The van der Waals surface area contributed by atoms with Crippen LogP contribution in [0.3, 0.4) is 0 Å². The van der Waals surface area contributed by atoms with E-state index in [1.807, 2.05) is 49.4 Å². The maximum Gasteiger partial charge on any atom is 0.315 e. The smallest absolute Gasteiger partial charge is 0.315 e. The highest BCUT2D eigenvalue weighted by atomic mass is 79.9. The molecule has 1 atom stereocenters. The number of hydrogen-bond donors (Lipinski definition) is 2. The second-order valence-electron chi connectivity index (χ2n) is 5.29. The summed E-state index contributed by atoms with van der Waals surface area (Å²) in [7, 11) is 0. The maximum atomic E-state index is 12.0. The number of nitrogens with one attached hydrogen (secondary N) is 2. The van der Waals surface area contributed by atoms with Crippen molar-refractivity contribution in [3.63, 3.8) is 0 Å². The number of halogens is 1. The average Bonchev–Trinajstić information content (AvgIpc) is 3.00. The van der Waals surface area contributed by atoms with Crippen LogP contribution in [0.2, 0.25) is 0 Å². The lowest BCUT2D eigenvalue weighted by atomic mass is 10.1. The van der Waals surface area contributed by atoms with Crippen molar-refractivity contribution in [3.8, 4) is 11.5 Å². The quantitative estimate of drug-likeness (QED) is 0.854. The van der Waals surface area contributed by atoms with Crippen LogP contribution in [0.15, 0.2) is 46.9 Å². The Morgan fingerprint density at radius 1 is 1.22 bits per heavy atom. The molecule has 6 heteroatoms. The van der Waals surface area contributed by atoms with E-state index in [0.717, 1.165) is 21.3 Å². The van der Waals surface area contributed by atoms with Crippen LogP contribution in [-0.2, 0) is 6.54 Å². The zero-order valence-corrected chi connectivity index (χ0v) is 14.2. The van der Waals surface area contributed by atoms with Gasteiger partial charge in [0, 0.05) is 11.0 Å². The lowest BCUT2D eigenvalue weighted by Gasteiger charge is -2.15. The van der Waals surface area contributed by atoms with E-state index in [2.05, 4.69) is 26.6 Å². The lowest BCUT2D eigenvalue weighted by Crippen LogP contribution is -2.36. The molecular weight excluding hydrogens is 360 g/mol. The van der Waals surface area contributed by atoms with Crippen molar-refractivity contribution < 1.29 is 14.3 Å². The first-order chi connectivity index (χ1) is 11.1. The lowest BCUT2D eigenvalue weighted by molar-refractivity contribution is 0.174. The van der Waals surface area contributed by atoms with Crippen LogP contribution in [0.4, 0.5) is 4.79 Å². The number of benzene rings is 2. The molecule has 0 saturated carbocycles. The monoisotopic (exact) mass is 376 g/mol. The Kier molecular flexibility index (Phi) is 4.71. The Morgan fingerprint density at radius 2 is 2.04 bits per heavy atom. The molecule has 1 heterocycles. The van der Waals surface area contributed by atoms with Gasteiger partial charge >= 0.3 is 6.03 Å². The fraction of sp³-hybridized carbons (Fsp3) is 0.235. The minimum Gasteiger partial charge on any atom is -0.454 e. The summed E-state index contributed by atoms with van der Waals surface area (Å²) in [6.45, 7) is 2.62. The first-order valence-corrected chi connectivity index (χ1v) is 8.09.